The Balaban J connectivity index is 2.46. The molecule has 1 rings (SSSR count). The zero-order valence-corrected chi connectivity index (χ0v) is 13.1. The third kappa shape index (κ3) is 6.28. The van der Waals surface area contributed by atoms with E-state index in [4.69, 9.17) is 9.84 Å². The van der Waals surface area contributed by atoms with Gasteiger partial charge in [-0.1, -0.05) is 0 Å². The first kappa shape index (κ1) is 18.2. The van der Waals surface area contributed by atoms with Crippen LogP contribution in [0.4, 0.5) is 9.18 Å². The third-order valence-corrected chi connectivity index (χ3v) is 3.12. The lowest BCUT2D eigenvalue weighted by Crippen LogP contribution is -2.44. The normalized spacial score (nSPS) is 19.6. The number of nitrogens with one attached hydrogen (secondary N) is 1. The molecule has 2 atom stereocenters. The average molecular weight is 318 g/mol. The molecule has 0 saturated carbocycles. The van der Waals surface area contributed by atoms with E-state index in [-0.39, 0.29) is 25.3 Å². The molecule has 7 nitrogen and oxygen atoms in total. The molecule has 22 heavy (non-hydrogen) atoms. The summed E-state index contributed by atoms with van der Waals surface area (Å²) in [6.45, 7) is 5.37. The highest BCUT2D eigenvalue weighted by molar-refractivity contribution is 5.82. The van der Waals surface area contributed by atoms with Crippen LogP contribution in [0.1, 0.15) is 40.0 Å². The molecule has 126 valence electrons. The van der Waals surface area contributed by atoms with Crippen LogP contribution < -0.4 is 5.32 Å². The van der Waals surface area contributed by atoms with E-state index in [1.807, 2.05) is 0 Å². The standard InChI is InChI=1S/C14H23FN2O5/c1-14(2,3)22-13(21)16-10(12(19)20)4-5-11(18)17-7-6-9(15)8-17/h9-10H,4-8H2,1-3H3,(H,16,21)(H,19,20)/t9-,10+/m0/s1. The zero-order valence-electron chi connectivity index (χ0n) is 13.1. The molecule has 0 aromatic carbocycles. The highest BCUT2D eigenvalue weighted by atomic mass is 19.1. The Morgan fingerprint density at radius 1 is 1.41 bits per heavy atom. The van der Waals surface area contributed by atoms with Crippen LogP contribution in [0.3, 0.4) is 0 Å². The number of hydrogen-bond donors (Lipinski definition) is 2. The molecule has 0 aromatic heterocycles. The minimum atomic E-state index is -1.25. The Hall–Kier alpha value is -1.86. The smallest absolute Gasteiger partial charge is 0.408 e. The first-order chi connectivity index (χ1) is 10.1. The van der Waals surface area contributed by atoms with Gasteiger partial charge < -0.3 is 20.1 Å². The van der Waals surface area contributed by atoms with E-state index in [2.05, 4.69) is 5.32 Å². The van der Waals surface area contributed by atoms with Gasteiger partial charge in [-0.3, -0.25) is 4.79 Å². The molecule has 2 N–H and O–H groups in total. The van der Waals surface area contributed by atoms with Crippen molar-refractivity contribution in [3.63, 3.8) is 0 Å². The van der Waals surface area contributed by atoms with Gasteiger partial charge in [-0.25, -0.2) is 14.0 Å². The molecular weight excluding hydrogens is 295 g/mol. The molecule has 1 saturated heterocycles. The van der Waals surface area contributed by atoms with Crippen molar-refractivity contribution in [1.82, 2.24) is 10.2 Å². The lowest BCUT2D eigenvalue weighted by atomic mass is 10.1. The molecule has 1 heterocycles. The maximum absolute atomic E-state index is 13.0. The number of carboxylic acid groups (broad SMARTS) is 1. The van der Waals surface area contributed by atoms with E-state index in [0.717, 1.165) is 0 Å². The predicted octanol–water partition coefficient (Wildman–Crippen LogP) is 1.31. The highest BCUT2D eigenvalue weighted by Gasteiger charge is 2.28. The summed E-state index contributed by atoms with van der Waals surface area (Å²) in [7, 11) is 0. The Bertz CT molecular complexity index is 435. The van der Waals surface area contributed by atoms with Crippen LogP contribution in [-0.4, -0.2) is 58.9 Å². The molecule has 0 spiro atoms. The summed E-state index contributed by atoms with van der Waals surface area (Å²) in [4.78, 5) is 35.9. The van der Waals surface area contributed by atoms with Crippen LogP contribution >= 0.6 is 0 Å². The summed E-state index contributed by atoms with van der Waals surface area (Å²) >= 11 is 0. The predicted molar refractivity (Wildman–Crippen MR) is 76.1 cm³/mol. The molecular formula is C14H23FN2O5. The molecule has 0 unspecified atom stereocenters. The second-order valence-corrected chi connectivity index (χ2v) is 6.30. The molecule has 0 aliphatic carbocycles. The Kier molecular flexibility index (Phi) is 6.13. The fraction of sp³-hybridized carbons (Fsp3) is 0.786. The molecule has 1 fully saturated rings. The van der Waals surface area contributed by atoms with Crippen LogP contribution in [0.25, 0.3) is 0 Å². The van der Waals surface area contributed by atoms with Crippen molar-refractivity contribution in [3.05, 3.63) is 0 Å². The number of carboxylic acids is 1. The number of rotatable bonds is 5. The number of amides is 2. The molecule has 8 heteroatoms. The lowest BCUT2D eigenvalue weighted by molar-refractivity contribution is -0.140. The number of aliphatic carboxylic acids is 1. The Morgan fingerprint density at radius 3 is 2.50 bits per heavy atom. The number of hydrogen-bond acceptors (Lipinski definition) is 4. The molecule has 2 amide bonds. The van der Waals surface area contributed by atoms with Crippen LogP contribution in [0.5, 0.6) is 0 Å². The van der Waals surface area contributed by atoms with Crippen molar-refractivity contribution in [2.75, 3.05) is 13.1 Å². The van der Waals surface area contributed by atoms with Gasteiger partial charge in [-0.2, -0.15) is 0 Å². The second kappa shape index (κ2) is 7.42. The van der Waals surface area contributed by atoms with Crippen LogP contribution in [-0.2, 0) is 14.3 Å². The molecule has 1 aliphatic heterocycles. The number of carbonyl (C=O) groups is 3. The van der Waals surface area contributed by atoms with E-state index in [1.54, 1.807) is 20.8 Å². The average Bonchev–Trinajstić information content (AvgIpc) is 2.78. The van der Waals surface area contributed by atoms with E-state index in [0.29, 0.717) is 13.0 Å². The number of alkyl carbamates (subject to hydrolysis) is 1. The van der Waals surface area contributed by atoms with Gasteiger partial charge in [0.05, 0.1) is 6.54 Å². The number of carbonyl (C=O) groups excluding carboxylic acids is 2. The highest BCUT2D eigenvalue weighted by Crippen LogP contribution is 2.14. The van der Waals surface area contributed by atoms with Gasteiger partial charge in [0, 0.05) is 13.0 Å². The lowest BCUT2D eigenvalue weighted by Gasteiger charge is -2.22. The largest absolute Gasteiger partial charge is 0.480 e. The zero-order chi connectivity index (χ0) is 16.9. The SMILES string of the molecule is CC(C)(C)OC(=O)N[C@H](CCC(=O)N1CC[C@H](F)C1)C(=O)O. The van der Waals surface area contributed by atoms with Gasteiger partial charge in [0.25, 0.3) is 0 Å². The van der Waals surface area contributed by atoms with Gasteiger partial charge in [0.15, 0.2) is 0 Å². The van der Waals surface area contributed by atoms with Crippen molar-refractivity contribution < 1.29 is 28.6 Å². The third-order valence-electron chi connectivity index (χ3n) is 3.12. The van der Waals surface area contributed by atoms with Crippen molar-refractivity contribution in [3.8, 4) is 0 Å². The maximum atomic E-state index is 13.0. The van der Waals surface area contributed by atoms with E-state index < -0.39 is 29.9 Å². The topological polar surface area (TPSA) is 95.9 Å². The number of alkyl halides is 1. The van der Waals surface area contributed by atoms with Crippen LogP contribution in [0.15, 0.2) is 0 Å². The molecule has 0 bridgehead atoms. The maximum Gasteiger partial charge on any atom is 0.408 e. The summed E-state index contributed by atoms with van der Waals surface area (Å²) in [5.41, 5.74) is -0.741. The summed E-state index contributed by atoms with van der Waals surface area (Å²) in [5.74, 6) is -1.55. The van der Waals surface area contributed by atoms with E-state index in [1.165, 1.54) is 4.90 Å². The van der Waals surface area contributed by atoms with Gasteiger partial charge in [-0.05, 0) is 33.6 Å². The number of likely N-dealkylation sites (tertiary alicyclic amines) is 1. The van der Waals surface area contributed by atoms with Gasteiger partial charge >= 0.3 is 12.1 Å². The molecule has 0 aromatic rings. The quantitative estimate of drug-likeness (QED) is 0.797. The fourth-order valence-corrected chi connectivity index (χ4v) is 2.08. The van der Waals surface area contributed by atoms with Gasteiger partial charge in [-0.15, -0.1) is 0 Å². The van der Waals surface area contributed by atoms with Gasteiger partial charge in [0.1, 0.15) is 17.8 Å². The second-order valence-electron chi connectivity index (χ2n) is 6.30. The van der Waals surface area contributed by atoms with Crippen molar-refractivity contribution >= 4 is 18.0 Å². The summed E-state index contributed by atoms with van der Waals surface area (Å²) in [6, 6.07) is -1.22. The first-order valence-corrected chi connectivity index (χ1v) is 7.22. The molecule has 0 radical (unpaired) electrons. The van der Waals surface area contributed by atoms with Crippen molar-refractivity contribution in [1.29, 1.82) is 0 Å². The summed E-state index contributed by atoms with van der Waals surface area (Å²) in [5, 5.41) is 11.3. The number of halogens is 1. The minimum absolute atomic E-state index is 0.0517. The monoisotopic (exact) mass is 318 g/mol. The number of nitrogens with zero attached hydrogens (tertiary/aromatic N) is 1. The number of ether oxygens (including phenoxy) is 1. The fourth-order valence-electron chi connectivity index (χ4n) is 2.08. The Morgan fingerprint density at radius 2 is 2.05 bits per heavy atom. The molecule has 1 aliphatic rings. The van der Waals surface area contributed by atoms with Gasteiger partial charge in [0.2, 0.25) is 5.91 Å². The summed E-state index contributed by atoms with van der Waals surface area (Å²) < 4.78 is 18.0. The Labute approximate surface area is 128 Å². The minimum Gasteiger partial charge on any atom is -0.480 e. The van der Waals surface area contributed by atoms with E-state index >= 15 is 0 Å². The van der Waals surface area contributed by atoms with Crippen LogP contribution in [0.2, 0.25) is 0 Å². The van der Waals surface area contributed by atoms with E-state index in [9.17, 15) is 18.8 Å². The first-order valence-electron chi connectivity index (χ1n) is 7.22. The van der Waals surface area contributed by atoms with Crippen LogP contribution in [0, 0.1) is 0 Å². The summed E-state index contributed by atoms with van der Waals surface area (Å²) in [6.07, 6.45) is -1.69. The van der Waals surface area contributed by atoms with Crippen molar-refractivity contribution in [2.45, 2.75) is 57.8 Å². The van der Waals surface area contributed by atoms with Crippen molar-refractivity contribution in [2.24, 2.45) is 0 Å².